The quantitative estimate of drug-likeness (QED) is 0.397. The maximum atomic E-state index is 2.37. The summed E-state index contributed by atoms with van der Waals surface area (Å²) in [4.78, 5) is 0. The molecule has 0 aromatic rings. The molecule has 0 amide bonds. The van der Waals surface area contributed by atoms with Gasteiger partial charge in [-0.15, -0.1) is 0 Å². The van der Waals surface area contributed by atoms with Crippen molar-refractivity contribution in [2.24, 2.45) is 35.5 Å². The van der Waals surface area contributed by atoms with E-state index in [0.29, 0.717) is 0 Å². The fourth-order valence-corrected chi connectivity index (χ4v) is 4.28. The number of hydrogen-bond donors (Lipinski definition) is 0. The zero-order valence-electron chi connectivity index (χ0n) is 17.9. The lowest BCUT2D eigenvalue weighted by Crippen LogP contribution is -2.08. The number of hydrogen-bond acceptors (Lipinski definition) is 0. The molecule has 0 aliphatic heterocycles. The van der Waals surface area contributed by atoms with Gasteiger partial charge in [0.25, 0.3) is 0 Å². The third-order valence-corrected chi connectivity index (χ3v) is 6.91. The van der Waals surface area contributed by atoms with E-state index in [2.05, 4.69) is 41.5 Å². The zero-order chi connectivity index (χ0) is 17.9. The molecule has 3 fully saturated rings. The summed E-state index contributed by atoms with van der Waals surface area (Å²) in [7, 11) is 0. The minimum Gasteiger partial charge on any atom is -0.0776 e. The summed E-state index contributed by atoms with van der Waals surface area (Å²) in [6.45, 7) is 14.2. The second kappa shape index (κ2) is 16.0. The monoisotopic (exact) mass is 371 g/mol. The van der Waals surface area contributed by atoms with E-state index in [9.17, 15) is 0 Å². The number of rotatable bonds is 0. The molecule has 0 heterocycles. The molecule has 0 N–H and O–H groups in total. The van der Waals surface area contributed by atoms with Gasteiger partial charge in [-0.2, -0.15) is 0 Å². The van der Waals surface area contributed by atoms with Crippen molar-refractivity contribution in [2.45, 2.75) is 133 Å². The molecule has 3 aliphatic rings. The SMILES string of the molecule is C.C.CC1CCC(C)CC1.CC1CCC(C)CC1.CC1CCC(C)CC1.[2HH]. The lowest BCUT2D eigenvalue weighted by molar-refractivity contribution is 0.308. The molecule has 26 heavy (non-hydrogen) atoms. The summed E-state index contributed by atoms with van der Waals surface area (Å²) in [5, 5.41) is 0. The maximum absolute atomic E-state index is 2.37. The molecular weight excluding hydrogens is 312 g/mol. The van der Waals surface area contributed by atoms with Gasteiger partial charge in [-0.3, -0.25) is 0 Å². The zero-order valence-corrected chi connectivity index (χ0v) is 17.9. The average molecular weight is 372 g/mol. The van der Waals surface area contributed by atoms with Gasteiger partial charge in [0.05, 0.1) is 0 Å². The molecule has 0 heteroatoms. The largest absolute Gasteiger partial charge is 0.0776 e. The lowest BCUT2D eigenvalue weighted by Gasteiger charge is -2.22. The van der Waals surface area contributed by atoms with Crippen LogP contribution >= 0.6 is 0 Å². The molecule has 0 unspecified atom stereocenters. The molecule has 0 aromatic carbocycles. The average Bonchev–Trinajstić information content (AvgIpc) is 2.57. The van der Waals surface area contributed by atoms with Crippen LogP contribution in [0.5, 0.6) is 0 Å². The predicted octanol–water partition coefficient (Wildman–Crippen LogP) is 10.0. The van der Waals surface area contributed by atoms with Crippen LogP contribution in [0.25, 0.3) is 0 Å². The second-order valence-corrected chi connectivity index (χ2v) is 10.1. The van der Waals surface area contributed by atoms with E-state index >= 15 is 0 Å². The highest BCUT2D eigenvalue weighted by Gasteiger charge is 2.14. The Hall–Kier alpha value is 0. The van der Waals surface area contributed by atoms with Crippen molar-refractivity contribution in [3.63, 3.8) is 0 Å². The van der Waals surface area contributed by atoms with Gasteiger partial charge >= 0.3 is 0 Å². The van der Waals surface area contributed by atoms with Gasteiger partial charge in [0.2, 0.25) is 0 Å². The fraction of sp³-hybridized carbons (Fsp3) is 1.00. The molecule has 0 atom stereocenters. The predicted molar refractivity (Wildman–Crippen MR) is 126 cm³/mol. The summed E-state index contributed by atoms with van der Waals surface area (Å²) in [6.07, 6.45) is 17.7. The van der Waals surface area contributed by atoms with Gasteiger partial charge in [-0.1, -0.05) is 133 Å². The Bertz CT molecular complexity index is 199. The Morgan fingerprint density at radius 2 is 0.385 bits per heavy atom. The van der Waals surface area contributed by atoms with E-state index < -0.39 is 0 Å². The Morgan fingerprint density at radius 3 is 0.462 bits per heavy atom. The van der Waals surface area contributed by atoms with E-state index in [1.807, 2.05) is 0 Å². The van der Waals surface area contributed by atoms with Crippen LogP contribution in [-0.2, 0) is 0 Å². The summed E-state index contributed by atoms with van der Waals surface area (Å²) in [5.41, 5.74) is 0. The Kier molecular flexibility index (Phi) is 17.4. The van der Waals surface area contributed by atoms with Crippen LogP contribution in [0.15, 0.2) is 0 Å². The van der Waals surface area contributed by atoms with Crippen LogP contribution in [0.3, 0.4) is 0 Å². The highest BCUT2D eigenvalue weighted by atomic mass is 14.2. The molecule has 0 spiro atoms. The van der Waals surface area contributed by atoms with Gasteiger partial charge < -0.3 is 0 Å². The van der Waals surface area contributed by atoms with Gasteiger partial charge in [0, 0.05) is 1.43 Å². The van der Waals surface area contributed by atoms with Crippen molar-refractivity contribution in [1.82, 2.24) is 0 Å². The fourth-order valence-electron chi connectivity index (χ4n) is 4.28. The molecule has 3 aliphatic carbocycles. The van der Waals surface area contributed by atoms with Gasteiger partial charge in [0.1, 0.15) is 0 Å². The smallest absolute Gasteiger partial charge is 0 e. The van der Waals surface area contributed by atoms with E-state index in [0.717, 1.165) is 35.5 Å². The molecule has 0 radical (unpaired) electrons. The summed E-state index contributed by atoms with van der Waals surface area (Å²) < 4.78 is 0. The first-order chi connectivity index (χ1) is 11.4. The highest BCUT2D eigenvalue weighted by Crippen LogP contribution is 2.28. The van der Waals surface area contributed by atoms with Crippen molar-refractivity contribution in [1.29, 1.82) is 0 Å². The molecule has 0 saturated heterocycles. The van der Waals surface area contributed by atoms with Crippen LogP contribution < -0.4 is 0 Å². The van der Waals surface area contributed by atoms with Crippen LogP contribution in [-0.4, -0.2) is 0 Å². The maximum Gasteiger partial charge on any atom is 0 e. The molecule has 3 rings (SSSR count). The van der Waals surface area contributed by atoms with Crippen molar-refractivity contribution < 1.29 is 1.43 Å². The minimum atomic E-state index is 0. The van der Waals surface area contributed by atoms with E-state index in [4.69, 9.17) is 0 Å². The van der Waals surface area contributed by atoms with Crippen molar-refractivity contribution in [2.75, 3.05) is 0 Å². The standard InChI is InChI=1S/3C8H16.2CH4.H2/c3*1-7-3-5-8(2)6-4-7;;;/h3*7-8H,3-6H2,1-2H3;2*1H4;1H/i;;;;;1+1. The third kappa shape index (κ3) is 14.1. The van der Waals surface area contributed by atoms with E-state index in [1.54, 1.807) is 0 Å². The first-order valence-electron chi connectivity index (χ1n) is 11.4. The topological polar surface area (TPSA) is 0 Å². The van der Waals surface area contributed by atoms with E-state index in [-0.39, 0.29) is 16.3 Å². The van der Waals surface area contributed by atoms with Crippen LogP contribution in [0.4, 0.5) is 0 Å². The minimum absolute atomic E-state index is 0. The first kappa shape index (κ1) is 28.2. The van der Waals surface area contributed by atoms with Crippen LogP contribution in [0, 0.1) is 35.5 Å². The Labute approximate surface area is 170 Å². The van der Waals surface area contributed by atoms with Gasteiger partial charge in [-0.05, 0) is 35.5 Å². The van der Waals surface area contributed by atoms with Crippen LogP contribution in [0.2, 0.25) is 0 Å². The summed E-state index contributed by atoms with van der Waals surface area (Å²) in [5.74, 6) is 6.12. The van der Waals surface area contributed by atoms with Gasteiger partial charge in [-0.25, -0.2) is 0 Å². The lowest BCUT2D eigenvalue weighted by atomic mass is 9.84. The molecular formula is C26H58. The molecule has 3 saturated carbocycles. The van der Waals surface area contributed by atoms with Crippen LogP contribution in [0.1, 0.15) is 135 Å². The third-order valence-electron chi connectivity index (χ3n) is 6.91. The van der Waals surface area contributed by atoms with E-state index in [1.165, 1.54) is 77.0 Å². The molecule has 0 nitrogen and oxygen atoms in total. The molecule has 0 bridgehead atoms. The van der Waals surface area contributed by atoms with Gasteiger partial charge in [0.15, 0.2) is 0 Å². The summed E-state index contributed by atoms with van der Waals surface area (Å²) in [6, 6.07) is 0. The van der Waals surface area contributed by atoms with Crippen molar-refractivity contribution >= 4 is 0 Å². The highest BCUT2D eigenvalue weighted by molar-refractivity contribution is 4.67. The Balaban J connectivity index is -0.000000303. The molecule has 162 valence electrons. The normalized spacial score (nSPS) is 36.7. The summed E-state index contributed by atoms with van der Waals surface area (Å²) >= 11 is 0. The first-order valence-corrected chi connectivity index (χ1v) is 11.4. The second-order valence-electron chi connectivity index (χ2n) is 10.1. The Morgan fingerprint density at radius 1 is 0.308 bits per heavy atom. The molecule has 0 aromatic heterocycles. The van der Waals surface area contributed by atoms with Crippen molar-refractivity contribution in [3.05, 3.63) is 0 Å². The van der Waals surface area contributed by atoms with Crippen molar-refractivity contribution in [3.8, 4) is 0 Å².